The molecular formula is C11H15ClN2O4S. The van der Waals surface area contributed by atoms with E-state index in [1.54, 1.807) is 0 Å². The van der Waals surface area contributed by atoms with Gasteiger partial charge in [0.2, 0.25) is 15.9 Å². The lowest BCUT2D eigenvalue weighted by Crippen LogP contribution is -2.43. The standard InChI is InChI=1S/C11H15ClN2O4S/c1-7(11(15)13-2)14-19(16,17)10-6-8(12)4-5-9(10)18-3/h4-7,14H,1-3H3,(H,13,15)/t7-/m0/s1. The summed E-state index contributed by atoms with van der Waals surface area (Å²) < 4.78 is 31.6. The predicted molar refractivity (Wildman–Crippen MR) is 71.9 cm³/mol. The number of hydrogen-bond donors (Lipinski definition) is 2. The molecule has 1 aromatic carbocycles. The van der Waals surface area contributed by atoms with E-state index in [1.165, 1.54) is 39.3 Å². The molecule has 1 atom stereocenters. The Balaban J connectivity index is 3.13. The van der Waals surface area contributed by atoms with E-state index in [4.69, 9.17) is 16.3 Å². The SMILES string of the molecule is CNC(=O)[C@H](C)NS(=O)(=O)c1cc(Cl)ccc1OC. The van der Waals surface area contributed by atoms with Gasteiger partial charge in [0, 0.05) is 12.1 Å². The van der Waals surface area contributed by atoms with Crippen LogP contribution in [0.2, 0.25) is 5.02 Å². The van der Waals surface area contributed by atoms with E-state index < -0.39 is 22.0 Å². The highest BCUT2D eigenvalue weighted by atomic mass is 35.5. The monoisotopic (exact) mass is 306 g/mol. The Morgan fingerprint density at radius 2 is 2.05 bits per heavy atom. The molecule has 0 fully saturated rings. The number of methoxy groups -OCH3 is 1. The van der Waals surface area contributed by atoms with Crippen LogP contribution in [0.1, 0.15) is 6.92 Å². The maximum absolute atomic E-state index is 12.2. The first-order valence-corrected chi connectivity index (χ1v) is 7.25. The zero-order valence-corrected chi connectivity index (χ0v) is 12.3. The lowest BCUT2D eigenvalue weighted by Gasteiger charge is -2.15. The third-order valence-electron chi connectivity index (χ3n) is 2.39. The van der Waals surface area contributed by atoms with Crippen LogP contribution in [0.3, 0.4) is 0 Å². The summed E-state index contributed by atoms with van der Waals surface area (Å²) in [7, 11) is -1.12. The summed E-state index contributed by atoms with van der Waals surface area (Å²) in [4.78, 5) is 11.2. The fourth-order valence-corrected chi connectivity index (χ4v) is 3.06. The Labute approximate surface area is 117 Å². The molecule has 0 aliphatic rings. The Bertz CT molecular complexity index is 574. The van der Waals surface area contributed by atoms with Gasteiger partial charge in [-0.15, -0.1) is 0 Å². The van der Waals surface area contributed by atoms with Crippen molar-refractivity contribution < 1.29 is 17.9 Å². The van der Waals surface area contributed by atoms with Gasteiger partial charge in [0.15, 0.2) is 0 Å². The molecular weight excluding hydrogens is 292 g/mol. The summed E-state index contributed by atoms with van der Waals surface area (Å²) in [5, 5.41) is 2.61. The second kappa shape index (κ2) is 6.23. The normalized spacial score (nSPS) is 12.8. The van der Waals surface area contributed by atoms with Crippen LogP contribution in [-0.2, 0) is 14.8 Å². The van der Waals surface area contributed by atoms with Crippen LogP contribution in [-0.4, -0.2) is 34.5 Å². The lowest BCUT2D eigenvalue weighted by molar-refractivity contribution is -0.121. The molecule has 1 aromatic rings. The van der Waals surface area contributed by atoms with Crippen molar-refractivity contribution >= 4 is 27.5 Å². The summed E-state index contributed by atoms with van der Waals surface area (Å²) in [6, 6.07) is 3.32. The quantitative estimate of drug-likeness (QED) is 0.841. The highest BCUT2D eigenvalue weighted by molar-refractivity contribution is 7.89. The second-order valence-electron chi connectivity index (χ2n) is 3.75. The molecule has 8 heteroatoms. The average molecular weight is 307 g/mol. The molecule has 0 aromatic heterocycles. The van der Waals surface area contributed by atoms with E-state index in [0.717, 1.165) is 0 Å². The van der Waals surface area contributed by atoms with Crippen molar-refractivity contribution in [2.45, 2.75) is 17.9 Å². The number of amides is 1. The van der Waals surface area contributed by atoms with E-state index in [2.05, 4.69) is 10.0 Å². The molecule has 0 radical (unpaired) electrons. The first kappa shape index (κ1) is 15.7. The molecule has 19 heavy (non-hydrogen) atoms. The van der Waals surface area contributed by atoms with Crippen LogP contribution in [0.25, 0.3) is 0 Å². The van der Waals surface area contributed by atoms with Crippen molar-refractivity contribution in [3.63, 3.8) is 0 Å². The molecule has 0 saturated heterocycles. The Morgan fingerprint density at radius 3 is 2.58 bits per heavy atom. The van der Waals surface area contributed by atoms with Crippen LogP contribution in [0.15, 0.2) is 23.1 Å². The van der Waals surface area contributed by atoms with Gasteiger partial charge < -0.3 is 10.1 Å². The second-order valence-corrected chi connectivity index (χ2v) is 5.87. The van der Waals surface area contributed by atoms with Gasteiger partial charge >= 0.3 is 0 Å². The largest absolute Gasteiger partial charge is 0.495 e. The van der Waals surface area contributed by atoms with Crippen LogP contribution in [0, 0.1) is 0 Å². The average Bonchev–Trinajstić information content (AvgIpc) is 2.37. The van der Waals surface area contributed by atoms with Gasteiger partial charge in [-0.2, -0.15) is 4.72 Å². The van der Waals surface area contributed by atoms with Crippen molar-refractivity contribution in [1.29, 1.82) is 0 Å². The van der Waals surface area contributed by atoms with Gasteiger partial charge in [-0.25, -0.2) is 8.42 Å². The maximum atomic E-state index is 12.2. The first-order chi connectivity index (χ1) is 8.81. The molecule has 0 aliphatic carbocycles. The van der Waals surface area contributed by atoms with Gasteiger partial charge in [-0.1, -0.05) is 11.6 Å². The fourth-order valence-electron chi connectivity index (χ4n) is 1.43. The van der Waals surface area contributed by atoms with Crippen LogP contribution in [0.4, 0.5) is 0 Å². The number of hydrogen-bond acceptors (Lipinski definition) is 4. The number of rotatable bonds is 5. The zero-order valence-electron chi connectivity index (χ0n) is 10.7. The number of nitrogens with one attached hydrogen (secondary N) is 2. The minimum atomic E-state index is -3.90. The number of benzene rings is 1. The summed E-state index contributed by atoms with van der Waals surface area (Å²) in [5.74, 6) is -0.287. The Hall–Kier alpha value is -1.31. The summed E-state index contributed by atoms with van der Waals surface area (Å²) >= 11 is 5.78. The number of halogens is 1. The summed E-state index contributed by atoms with van der Waals surface area (Å²) in [6.07, 6.45) is 0. The van der Waals surface area contributed by atoms with Crippen LogP contribution < -0.4 is 14.8 Å². The number of likely N-dealkylation sites (N-methyl/N-ethyl adjacent to an activating group) is 1. The summed E-state index contributed by atoms with van der Waals surface area (Å²) in [6.45, 7) is 1.44. The topological polar surface area (TPSA) is 84.5 Å². The van der Waals surface area contributed by atoms with Gasteiger partial charge in [-0.3, -0.25) is 4.79 Å². The van der Waals surface area contributed by atoms with Crippen LogP contribution in [0.5, 0.6) is 5.75 Å². The minimum Gasteiger partial charge on any atom is -0.495 e. The number of carbonyl (C=O) groups excluding carboxylic acids is 1. The van der Waals surface area contributed by atoms with Gasteiger partial charge in [0.1, 0.15) is 10.6 Å². The molecule has 0 saturated carbocycles. The zero-order chi connectivity index (χ0) is 14.6. The lowest BCUT2D eigenvalue weighted by atomic mass is 10.3. The van der Waals surface area contributed by atoms with E-state index in [9.17, 15) is 13.2 Å². The van der Waals surface area contributed by atoms with Gasteiger partial charge in [0.25, 0.3) is 0 Å². The molecule has 0 unspecified atom stereocenters. The van der Waals surface area contributed by atoms with E-state index >= 15 is 0 Å². The molecule has 0 heterocycles. The summed E-state index contributed by atoms with van der Waals surface area (Å²) in [5.41, 5.74) is 0. The number of sulfonamides is 1. The molecule has 0 spiro atoms. The maximum Gasteiger partial charge on any atom is 0.245 e. The van der Waals surface area contributed by atoms with E-state index in [0.29, 0.717) is 0 Å². The van der Waals surface area contributed by atoms with E-state index in [-0.39, 0.29) is 15.7 Å². The van der Waals surface area contributed by atoms with Crippen molar-refractivity contribution in [2.75, 3.05) is 14.2 Å². The van der Waals surface area contributed by atoms with Crippen molar-refractivity contribution in [2.24, 2.45) is 0 Å². The molecule has 0 bridgehead atoms. The molecule has 6 nitrogen and oxygen atoms in total. The number of carbonyl (C=O) groups is 1. The third-order valence-corrected chi connectivity index (χ3v) is 4.18. The molecule has 0 aliphatic heterocycles. The predicted octanol–water partition coefficient (Wildman–Crippen LogP) is 0.761. The molecule has 1 rings (SSSR count). The molecule has 1 amide bonds. The molecule has 2 N–H and O–H groups in total. The van der Waals surface area contributed by atoms with Gasteiger partial charge in [-0.05, 0) is 25.1 Å². The highest BCUT2D eigenvalue weighted by Crippen LogP contribution is 2.26. The first-order valence-electron chi connectivity index (χ1n) is 5.39. The van der Waals surface area contributed by atoms with Crippen molar-refractivity contribution in [3.05, 3.63) is 23.2 Å². The number of ether oxygens (including phenoxy) is 1. The van der Waals surface area contributed by atoms with Crippen molar-refractivity contribution in [1.82, 2.24) is 10.0 Å². The third kappa shape index (κ3) is 3.82. The Kier molecular flexibility index (Phi) is 5.16. The van der Waals surface area contributed by atoms with E-state index in [1.807, 2.05) is 0 Å². The van der Waals surface area contributed by atoms with Crippen LogP contribution >= 0.6 is 11.6 Å². The van der Waals surface area contributed by atoms with Crippen molar-refractivity contribution in [3.8, 4) is 5.75 Å². The fraction of sp³-hybridized carbons (Fsp3) is 0.364. The minimum absolute atomic E-state index is 0.113. The highest BCUT2D eigenvalue weighted by Gasteiger charge is 2.24. The molecule has 106 valence electrons. The van der Waals surface area contributed by atoms with Gasteiger partial charge in [0.05, 0.1) is 13.2 Å². The smallest absolute Gasteiger partial charge is 0.245 e. The Morgan fingerprint density at radius 1 is 1.42 bits per heavy atom.